The molecular formula is C22H24N4O5S2. The number of aromatic nitrogens is 2. The SMILES string of the molecule is COCCOc1cc(N(C)S(=O)(=O)c2ccccn2)c2[nH]c(C3=NCC(CC=O)S3)cc2c1. The molecule has 0 saturated carbocycles. The van der Waals surface area contributed by atoms with Gasteiger partial charge in [0.15, 0.2) is 5.03 Å². The van der Waals surface area contributed by atoms with Crippen LogP contribution in [-0.4, -0.2) is 68.9 Å². The molecular weight excluding hydrogens is 464 g/mol. The van der Waals surface area contributed by atoms with Gasteiger partial charge in [-0.1, -0.05) is 17.8 Å². The molecule has 2 aromatic heterocycles. The van der Waals surface area contributed by atoms with E-state index >= 15 is 0 Å². The number of sulfonamides is 1. The molecule has 0 bridgehead atoms. The zero-order valence-corrected chi connectivity index (χ0v) is 19.9. The fraction of sp³-hybridized carbons (Fsp3) is 0.318. The van der Waals surface area contributed by atoms with Crippen molar-refractivity contribution in [3.05, 3.63) is 48.3 Å². The van der Waals surface area contributed by atoms with Crippen molar-refractivity contribution in [3.8, 4) is 5.75 Å². The molecule has 4 rings (SSSR count). The van der Waals surface area contributed by atoms with E-state index in [4.69, 9.17) is 9.47 Å². The molecule has 33 heavy (non-hydrogen) atoms. The molecule has 1 aliphatic heterocycles. The van der Waals surface area contributed by atoms with Crippen molar-refractivity contribution in [2.45, 2.75) is 16.7 Å². The third-order valence-electron chi connectivity index (χ3n) is 5.15. The number of fused-ring (bicyclic) bond motifs is 1. The normalized spacial score (nSPS) is 16.1. The Hall–Kier alpha value is -2.89. The summed E-state index contributed by atoms with van der Waals surface area (Å²) in [7, 11) is -0.833. The van der Waals surface area contributed by atoms with E-state index in [1.165, 1.54) is 35.4 Å². The molecule has 174 valence electrons. The number of H-pyrrole nitrogens is 1. The van der Waals surface area contributed by atoms with Gasteiger partial charge in [0.05, 0.1) is 30.0 Å². The first-order chi connectivity index (χ1) is 15.9. The lowest BCUT2D eigenvalue weighted by Crippen LogP contribution is -2.27. The van der Waals surface area contributed by atoms with Crippen LogP contribution < -0.4 is 9.04 Å². The molecule has 3 aromatic rings. The van der Waals surface area contributed by atoms with Gasteiger partial charge in [0.2, 0.25) is 0 Å². The van der Waals surface area contributed by atoms with E-state index in [1.807, 2.05) is 12.1 Å². The van der Waals surface area contributed by atoms with Crippen LogP contribution in [-0.2, 0) is 19.6 Å². The van der Waals surface area contributed by atoms with Gasteiger partial charge in [-0.15, -0.1) is 0 Å². The van der Waals surface area contributed by atoms with Gasteiger partial charge in [0.1, 0.15) is 23.7 Å². The third kappa shape index (κ3) is 4.90. The fourth-order valence-corrected chi connectivity index (χ4v) is 5.61. The van der Waals surface area contributed by atoms with Crippen molar-refractivity contribution >= 4 is 49.7 Å². The Balaban J connectivity index is 1.76. The summed E-state index contributed by atoms with van der Waals surface area (Å²) >= 11 is 1.54. The number of aldehydes is 1. The first-order valence-corrected chi connectivity index (χ1v) is 12.6. The summed E-state index contributed by atoms with van der Waals surface area (Å²) in [6.45, 7) is 1.30. The van der Waals surface area contributed by atoms with E-state index in [1.54, 1.807) is 25.3 Å². The lowest BCUT2D eigenvalue weighted by atomic mass is 10.2. The monoisotopic (exact) mass is 488 g/mol. The van der Waals surface area contributed by atoms with Gasteiger partial charge in [-0.2, -0.15) is 8.42 Å². The summed E-state index contributed by atoms with van der Waals surface area (Å²) in [6, 6.07) is 10.2. The number of nitrogens with one attached hydrogen (secondary N) is 1. The minimum Gasteiger partial charge on any atom is -0.491 e. The van der Waals surface area contributed by atoms with Crippen LogP contribution in [0.1, 0.15) is 12.1 Å². The molecule has 1 atom stereocenters. The van der Waals surface area contributed by atoms with Gasteiger partial charge >= 0.3 is 0 Å². The molecule has 1 aliphatic rings. The Kier molecular flexibility index (Phi) is 7.01. The summed E-state index contributed by atoms with van der Waals surface area (Å²) < 4.78 is 38.6. The quantitative estimate of drug-likeness (QED) is 0.345. The van der Waals surface area contributed by atoms with E-state index in [0.717, 1.165) is 22.4 Å². The zero-order chi connectivity index (χ0) is 23.4. The number of methoxy groups -OCH3 is 1. The highest BCUT2D eigenvalue weighted by molar-refractivity contribution is 8.15. The van der Waals surface area contributed by atoms with Crippen LogP contribution in [0.2, 0.25) is 0 Å². The van der Waals surface area contributed by atoms with Crippen LogP contribution in [0.4, 0.5) is 5.69 Å². The maximum Gasteiger partial charge on any atom is 0.281 e. The highest BCUT2D eigenvalue weighted by atomic mass is 32.2. The Morgan fingerprint density at radius 1 is 1.27 bits per heavy atom. The Morgan fingerprint density at radius 3 is 2.85 bits per heavy atom. The van der Waals surface area contributed by atoms with Crippen LogP contribution in [0.15, 0.2) is 52.6 Å². The van der Waals surface area contributed by atoms with E-state index in [-0.39, 0.29) is 10.3 Å². The molecule has 3 heterocycles. The van der Waals surface area contributed by atoms with Crippen molar-refractivity contribution < 1.29 is 22.7 Å². The van der Waals surface area contributed by atoms with E-state index in [2.05, 4.69) is 15.0 Å². The number of carbonyl (C=O) groups is 1. The van der Waals surface area contributed by atoms with Crippen molar-refractivity contribution in [1.29, 1.82) is 0 Å². The Bertz CT molecular complexity index is 1270. The number of rotatable bonds is 10. The van der Waals surface area contributed by atoms with Gasteiger partial charge in [0.25, 0.3) is 10.0 Å². The maximum atomic E-state index is 13.3. The minimum atomic E-state index is -3.90. The van der Waals surface area contributed by atoms with Crippen molar-refractivity contribution in [2.24, 2.45) is 4.99 Å². The number of aromatic amines is 1. The number of ether oxygens (including phenoxy) is 2. The van der Waals surface area contributed by atoms with Crippen molar-refractivity contribution in [2.75, 3.05) is 38.2 Å². The fourth-order valence-electron chi connectivity index (χ4n) is 3.45. The smallest absolute Gasteiger partial charge is 0.281 e. The molecule has 0 radical (unpaired) electrons. The number of hydrogen-bond donors (Lipinski definition) is 1. The summed E-state index contributed by atoms with van der Waals surface area (Å²) in [5.74, 6) is 0.517. The molecule has 9 nitrogen and oxygen atoms in total. The number of aliphatic imine (C=N–C) groups is 1. The lowest BCUT2D eigenvalue weighted by molar-refractivity contribution is -0.107. The van der Waals surface area contributed by atoms with Gasteiger partial charge in [-0.3, -0.25) is 9.30 Å². The average molecular weight is 489 g/mol. The number of benzene rings is 1. The third-order valence-corrected chi connectivity index (χ3v) is 8.08. The number of pyridine rings is 1. The standard InChI is InChI=1S/C22H24N4O5S2/c1-26(33(28,29)20-5-3-4-7-23-20)19-13-16(31-10-9-30-2)11-15-12-18(25-21(15)19)22-24-14-17(32-22)6-8-27/h3-5,7-8,11-13,17,25H,6,9-10,14H2,1-2H3. The Morgan fingerprint density at radius 2 is 2.12 bits per heavy atom. The second-order valence-electron chi connectivity index (χ2n) is 7.36. The molecule has 0 saturated heterocycles. The zero-order valence-electron chi connectivity index (χ0n) is 18.2. The Labute approximate surface area is 196 Å². The van der Waals surface area contributed by atoms with Gasteiger partial charge in [0, 0.05) is 43.5 Å². The van der Waals surface area contributed by atoms with Crippen molar-refractivity contribution in [3.63, 3.8) is 0 Å². The van der Waals surface area contributed by atoms with E-state index in [9.17, 15) is 13.2 Å². The van der Waals surface area contributed by atoms with Gasteiger partial charge in [-0.25, -0.2) is 4.98 Å². The molecule has 1 unspecified atom stereocenters. The first kappa shape index (κ1) is 23.3. The average Bonchev–Trinajstić information content (AvgIpc) is 3.46. The molecule has 0 amide bonds. The molecule has 1 aromatic carbocycles. The van der Waals surface area contributed by atoms with Crippen LogP contribution in [0.25, 0.3) is 10.9 Å². The highest BCUT2D eigenvalue weighted by Crippen LogP contribution is 2.36. The number of hydrogen-bond acceptors (Lipinski definition) is 8. The summed E-state index contributed by atoms with van der Waals surface area (Å²) in [5, 5.41) is 1.63. The predicted octanol–water partition coefficient (Wildman–Crippen LogP) is 2.86. The molecule has 0 aliphatic carbocycles. The number of carbonyl (C=O) groups excluding carboxylic acids is 1. The number of anilines is 1. The number of nitrogens with zero attached hydrogens (tertiary/aromatic N) is 3. The second kappa shape index (κ2) is 9.94. The van der Waals surface area contributed by atoms with Crippen LogP contribution in [0, 0.1) is 0 Å². The first-order valence-electron chi connectivity index (χ1n) is 10.3. The van der Waals surface area contributed by atoms with Crippen LogP contribution in [0.3, 0.4) is 0 Å². The molecule has 0 fully saturated rings. The topological polar surface area (TPSA) is 114 Å². The minimum absolute atomic E-state index is 0.0504. The van der Waals surface area contributed by atoms with E-state index in [0.29, 0.717) is 43.1 Å². The lowest BCUT2D eigenvalue weighted by Gasteiger charge is -2.20. The largest absolute Gasteiger partial charge is 0.491 e. The number of thioether (sulfide) groups is 1. The van der Waals surface area contributed by atoms with Crippen molar-refractivity contribution in [1.82, 2.24) is 9.97 Å². The molecule has 0 spiro atoms. The maximum absolute atomic E-state index is 13.3. The highest BCUT2D eigenvalue weighted by Gasteiger charge is 2.27. The van der Waals surface area contributed by atoms with Gasteiger partial charge in [-0.05, 0) is 24.3 Å². The van der Waals surface area contributed by atoms with Crippen LogP contribution >= 0.6 is 11.8 Å². The summed E-state index contributed by atoms with van der Waals surface area (Å²) in [4.78, 5) is 22.8. The summed E-state index contributed by atoms with van der Waals surface area (Å²) in [6.07, 6.45) is 2.78. The molecule has 1 N–H and O–H groups in total. The second-order valence-corrected chi connectivity index (χ2v) is 10.6. The predicted molar refractivity (Wildman–Crippen MR) is 129 cm³/mol. The van der Waals surface area contributed by atoms with Crippen LogP contribution in [0.5, 0.6) is 5.75 Å². The molecule has 11 heteroatoms. The van der Waals surface area contributed by atoms with E-state index < -0.39 is 10.0 Å². The van der Waals surface area contributed by atoms with Gasteiger partial charge < -0.3 is 19.3 Å². The summed E-state index contributed by atoms with van der Waals surface area (Å²) in [5.41, 5.74) is 1.82.